The van der Waals surface area contributed by atoms with Crippen LogP contribution in [0.3, 0.4) is 0 Å². The van der Waals surface area contributed by atoms with Crippen LogP contribution in [0.15, 0.2) is 12.2 Å². The first-order chi connectivity index (χ1) is 12.3. The summed E-state index contributed by atoms with van der Waals surface area (Å²) in [6.45, 7) is 7.93. The zero-order chi connectivity index (χ0) is 19.9. The van der Waals surface area contributed by atoms with E-state index in [2.05, 4.69) is 29.5 Å². The summed E-state index contributed by atoms with van der Waals surface area (Å²) in [6, 6.07) is -0.541. The zero-order valence-corrected chi connectivity index (χ0v) is 16.0. The summed E-state index contributed by atoms with van der Waals surface area (Å²) in [4.78, 5) is 24.1. The van der Waals surface area contributed by atoms with Gasteiger partial charge in [-0.3, -0.25) is 21.0 Å². The Kier molecular flexibility index (Phi) is 12.3. The van der Waals surface area contributed by atoms with Crippen molar-refractivity contribution in [1.29, 1.82) is 10.8 Å². The number of carbonyl (C=O) groups excluding carboxylic acids is 2. The largest absolute Gasteiger partial charge is 0.460 e. The van der Waals surface area contributed by atoms with Gasteiger partial charge in [0.05, 0.1) is 6.54 Å². The van der Waals surface area contributed by atoms with Crippen LogP contribution in [0.5, 0.6) is 0 Å². The number of nitrogens with zero attached hydrogens (tertiary/aromatic N) is 1. The van der Waals surface area contributed by atoms with E-state index in [1.807, 2.05) is 0 Å². The first-order valence-corrected chi connectivity index (χ1v) is 8.81. The lowest BCUT2D eigenvalue weighted by atomic mass is 10.1. The van der Waals surface area contributed by atoms with Gasteiger partial charge in [-0.1, -0.05) is 39.2 Å². The highest BCUT2D eigenvalue weighted by Gasteiger charge is 2.14. The number of esters is 1. The Morgan fingerprint density at radius 3 is 2.35 bits per heavy atom. The van der Waals surface area contributed by atoms with Crippen molar-refractivity contribution in [3.8, 4) is 0 Å². The fraction of sp³-hybridized carbons (Fsp3) is 0.647. The van der Waals surface area contributed by atoms with Crippen LogP contribution < -0.4 is 16.0 Å². The molecule has 9 heteroatoms. The third-order valence-corrected chi connectivity index (χ3v) is 3.43. The molecule has 0 radical (unpaired) electrons. The summed E-state index contributed by atoms with van der Waals surface area (Å²) in [5, 5.41) is 23.4. The lowest BCUT2D eigenvalue weighted by Crippen LogP contribution is -2.51. The van der Waals surface area contributed by atoms with Crippen LogP contribution >= 0.6 is 0 Å². The number of unbranched alkanes of at least 4 members (excludes halogenated alkanes) is 4. The molecule has 0 aromatic carbocycles. The number of amides is 2. The standard InChI is InChI=1S/C17H32N6O3/c1-5-6-7-8-9-10-20-15(18)22-16(19)23(4)17(25)21-11-12-26-14(24)13(2)3/h2,5-12H2,1,3-4H3,(H,21,25)(H4,18,19,20,22). The Balaban J connectivity index is 3.94. The molecule has 0 saturated carbocycles. The topological polar surface area (TPSA) is 130 Å². The van der Waals surface area contributed by atoms with Gasteiger partial charge in [0.25, 0.3) is 0 Å². The van der Waals surface area contributed by atoms with E-state index in [9.17, 15) is 9.59 Å². The van der Waals surface area contributed by atoms with Crippen molar-refractivity contribution in [3.05, 3.63) is 12.2 Å². The Labute approximate surface area is 155 Å². The molecule has 2 amide bonds. The van der Waals surface area contributed by atoms with E-state index >= 15 is 0 Å². The molecule has 9 nitrogen and oxygen atoms in total. The first kappa shape index (κ1) is 23.4. The zero-order valence-electron chi connectivity index (χ0n) is 16.0. The lowest BCUT2D eigenvalue weighted by Gasteiger charge is -2.20. The van der Waals surface area contributed by atoms with Crippen LogP contribution in [0.1, 0.15) is 46.0 Å². The number of hydrogen-bond acceptors (Lipinski definition) is 5. The van der Waals surface area contributed by atoms with Gasteiger partial charge < -0.3 is 15.4 Å². The van der Waals surface area contributed by atoms with E-state index in [1.165, 1.54) is 33.2 Å². The maximum absolute atomic E-state index is 11.9. The molecule has 5 N–H and O–H groups in total. The molecule has 0 saturated heterocycles. The molecule has 26 heavy (non-hydrogen) atoms. The van der Waals surface area contributed by atoms with Gasteiger partial charge in [-0.25, -0.2) is 9.59 Å². The van der Waals surface area contributed by atoms with Crippen LogP contribution in [0, 0.1) is 10.8 Å². The molecule has 0 rings (SSSR count). The molecular formula is C17H32N6O3. The summed E-state index contributed by atoms with van der Waals surface area (Å²) in [5.41, 5.74) is 0.288. The van der Waals surface area contributed by atoms with Crippen molar-refractivity contribution < 1.29 is 14.3 Å². The van der Waals surface area contributed by atoms with Gasteiger partial charge in [0.2, 0.25) is 5.96 Å². The van der Waals surface area contributed by atoms with Crippen molar-refractivity contribution in [2.75, 3.05) is 26.7 Å². The van der Waals surface area contributed by atoms with E-state index in [-0.39, 0.29) is 30.6 Å². The lowest BCUT2D eigenvalue weighted by molar-refractivity contribution is -0.138. The second kappa shape index (κ2) is 13.7. The molecule has 0 aromatic rings. The number of guanidine groups is 2. The Bertz CT molecular complexity index is 507. The SMILES string of the molecule is C=C(C)C(=O)OCCNC(=O)N(C)C(=N)NC(=N)NCCCCCCC. The molecule has 0 unspecified atom stereocenters. The molecule has 0 aliphatic rings. The minimum atomic E-state index is -0.541. The summed E-state index contributed by atoms with van der Waals surface area (Å²) in [6.07, 6.45) is 5.64. The van der Waals surface area contributed by atoms with Gasteiger partial charge in [-0.05, 0) is 13.3 Å². The highest BCUT2D eigenvalue weighted by Crippen LogP contribution is 2.00. The number of nitrogens with one attached hydrogen (secondary N) is 5. The molecule has 0 atom stereocenters. The monoisotopic (exact) mass is 368 g/mol. The maximum Gasteiger partial charge on any atom is 0.333 e. The third-order valence-electron chi connectivity index (χ3n) is 3.43. The second-order valence-electron chi connectivity index (χ2n) is 5.90. The van der Waals surface area contributed by atoms with Gasteiger partial charge >= 0.3 is 12.0 Å². The van der Waals surface area contributed by atoms with Crippen molar-refractivity contribution in [3.63, 3.8) is 0 Å². The Hall–Kier alpha value is -2.58. The molecule has 0 aliphatic heterocycles. The van der Waals surface area contributed by atoms with Crippen molar-refractivity contribution in [2.24, 2.45) is 0 Å². The number of rotatable bonds is 10. The van der Waals surface area contributed by atoms with Crippen molar-refractivity contribution in [2.45, 2.75) is 46.0 Å². The average Bonchev–Trinajstić information content (AvgIpc) is 2.60. The van der Waals surface area contributed by atoms with Crippen LogP contribution in [0.2, 0.25) is 0 Å². The second-order valence-corrected chi connectivity index (χ2v) is 5.90. The van der Waals surface area contributed by atoms with Crippen molar-refractivity contribution >= 4 is 23.9 Å². The molecule has 0 heterocycles. The predicted octanol–water partition coefficient (Wildman–Crippen LogP) is 1.77. The van der Waals surface area contributed by atoms with Gasteiger partial charge in [0.1, 0.15) is 6.61 Å². The molecule has 0 spiro atoms. The highest BCUT2D eigenvalue weighted by molar-refractivity contribution is 6.02. The molecule has 0 aromatic heterocycles. The van der Waals surface area contributed by atoms with E-state index in [0.717, 1.165) is 17.7 Å². The quantitative estimate of drug-likeness (QED) is 0.132. The van der Waals surface area contributed by atoms with Gasteiger partial charge in [0.15, 0.2) is 5.96 Å². The summed E-state index contributed by atoms with van der Waals surface area (Å²) in [5.74, 6) is -0.776. The summed E-state index contributed by atoms with van der Waals surface area (Å²) >= 11 is 0. The Morgan fingerprint density at radius 2 is 1.73 bits per heavy atom. The smallest absolute Gasteiger partial charge is 0.333 e. The number of hydrogen-bond donors (Lipinski definition) is 5. The van der Waals surface area contributed by atoms with E-state index < -0.39 is 12.0 Å². The third kappa shape index (κ3) is 11.1. The van der Waals surface area contributed by atoms with E-state index in [0.29, 0.717) is 6.54 Å². The Morgan fingerprint density at radius 1 is 1.08 bits per heavy atom. The van der Waals surface area contributed by atoms with Crippen molar-refractivity contribution in [1.82, 2.24) is 20.9 Å². The van der Waals surface area contributed by atoms with Crippen LogP contribution in [-0.2, 0) is 9.53 Å². The van der Waals surface area contributed by atoms with Gasteiger partial charge in [0, 0.05) is 19.2 Å². The fourth-order valence-electron chi connectivity index (χ4n) is 1.83. The van der Waals surface area contributed by atoms with E-state index in [1.54, 1.807) is 0 Å². The molecule has 0 fully saturated rings. The van der Waals surface area contributed by atoms with Gasteiger partial charge in [-0.15, -0.1) is 0 Å². The molecule has 148 valence electrons. The summed E-state index contributed by atoms with van der Waals surface area (Å²) in [7, 11) is 1.41. The van der Waals surface area contributed by atoms with Gasteiger partial charge in [-0.2, -0.15) is 0 Å². The minimum absolute atomic E-state index is 0.0153. The number of ether oxygens (including phenoxy) is 1. The number of carbonyl (C=O) groups is 2. The van der Waals surface area contributed by atoms with E-state index in [4.69, 9.17) is 15.6 Å². The first-order valence-electron chi connectivity index (χ1n) is 8.81. The maximum atomic E-state index is 11.9. The highest BCUT2D eigenvalue weighted by atomic mass is 16.5. The molecular weight excluding hydrogens is 336 g/mol. The minimum Gasteiger partial charge on any atom is -0.460 e. The molecule has 0 aliphatic carbocycles. The molecule has 0 bridgehead atoms. The van der Waals surface area contributed by atoms with Crippen LogP contribution in [0.25, 0.3) is 0 Å². The normalized spacial score (nSPS) is 9.81. The van der Waals surface area contributed by atoms with Crippen LogP contribution in [0.4, 0.5) is 4.79 Å². The number of urea groups is 1. The average molecular weight is 368 g/mol. The van der Waals surface area contributed by atoms with Crippen LogP contribution in [-0.4, -0.2) is 55.6 Å². The fourth-order valence-corrected chi connectivity index (χ4v) is 1.83. The predicted molar refractivity (Wildman–Crippen MR) is 102 cm³/mol. The summed E-state index contributed by atoms with van der Waals surface area (Å²) < 4.78 is 4.85.